The number of aryl methyl sites for hydroxylation is 2. The third kappa shape index (κ3) is 13.9. The molecule has 0 unspecified atom stereocenters. The molecule has 5 heteroatoms. The van der Waals surface area contributed by atoms with E-state index in [2.05, 4.69) is 13.8 Å². The van der Waals surface area contributed by atoms with E-state index in [1.54, 1.807) is 0 Å². The van der Waals surface area contributed by atoms with Crippen molar-refractivity contribution in [3.63, 3.8) is 0 Å². The maximum Gasteiger partial charge on any atom is 1.00 e. The zero-order valence-corrected chi connectivity index (χ0v) is 28.1. The molecule has 0 amide bonds. The summed E-state index contributed by atoms with van der Waals surface area (Å²) < 4.78 is 36.9. The van der Waals surface area contributed by atoms with Gasteiger partial charge in [-0.15, -0.1) is 0 Å². The smallest absolute Gasteiger partial charge is 0.744 e. The average molecular weight is 555 g/mol. The minimum atomic E-state index is -4.53. The summed E-state index contributed by atoms with van der Waals surface area (Å²) in [5.74, 6) is 0. The number of rotatable bonds is 21. The normalized spacial score (nSPS) is 11.6. The van der Waals surface area contributed by atoms with Gasteiger partial charge in [-0.1, -0.05) is 147 Å². The van der Waals surface area contributed by atoms with Crippen LogP contribution in [0.25, 0.3) is 10.8 Å². The van der Waals surface area contributed by atoms with Crippen molar-refractivity contribution in [1.82, 2.24) is 0 Å². The van der Waals surface area contributed by atoms with E-state index in [0.717, 1.165) is 36.6 Å². The molecule has 0 fully saturated rings. The molecule has 0 aliphatic carbocycles. The van der Waals surface area contributed by atoms with Gasteiger partial charge in [0.1, 0.15) is 10.1 Å². The first-order valence-electron chi connectivity index (χ1n) is 15.0. The van der Waals surface area contributed by atoms with Gasteiger partial charge in [-0.2, -0.15) is 0 Å². The molecular weight excluding hydrogens is 504 g/mol. The van der Waals surface area contributed by atoms with Crippen molar-refractivity contribution in [3.05, 3.63) is 41.5 Å². The van der Waals surface area contributed by atoms with Crippen molar-refractivity contribution < 1.29 is 64.4 Å². The molecule has 0 N–H and O–H groups in total. The van der Waals surface area contributed by atoms with Gasteiger partial charge in [-0.3, -0.25) is 0 Å². The Morgan fingerprint density at radius 3 is 1.38 bits per heavy atom. The minimum Gasteiger partial charge on any atom is -0.744 e. The van der Waals surface area contributed by atoms with Gasteiger partial charge >= 0.3 is 51.4 Å². The fourth-order valence-corrected chi connectivity index (χ4v) is 6.36. The SMILES string of the molecule is CCCCCCCCCCCc1cc(CCCCCCCCCCC)c2ccccc2c1S(=O)(=O)[O-].[K+]. The van der Waals surface area contributed by atoms with Gasteiger partial charge in [0.25, 0.3) is 0 Å². The first-order valence-corrected chi connectivity index (χ1v) is 16.4. The summed E-state index contributed by atoms with van der Waals surface area (Å²) in [5.41, 5.74) is 1.93. The van der Waals surface area contributed by atoms with Gasteiger partial charge in [0.05, 0.1) is 4.90 Å². The maximum atomic E-state index is 12.3. The molecule has 37 heavy (non-hydrogen) atoms. The quantitative estimate of drug-likeness (QED) is 0.0958. The fourth-order valence-electron chi connectivity index (χ4n) is 5.43. The van der Waals surface area contributed by atoms with Gasteiger partial charge in [0, 0.05) is 0 Å². The van der Waals surface area contributed by atoms with Crippen LogP contribution in [0.15, 0.2) is 35.2 Å². The zero-order chi connectivity index (χ0) is 26.1. The maximum absolute atomic E-state index is 12.3. The zero-order valence-electron chi connectivity index (χ0n) is 24.2. The molecule has 0 aromatic heterocycles. The van der Waals surface area contributed by atoms with E-state index in [-0.39, 0.29) is 56.3 Å². The predicted molar refractivity (Wildman–Crippen MR) is 154 cm³/mol. The number of benzene rings is 2. The summed E-state index contributed by atoms with van der Waals surface area (Å²) in [6.07, 6.45) is 24.2. The van der Waals surface area contributed by atoms with E-state index >= 15 is 0 Å². The molecule has 0 spiro atoms. The third-order valence-electron chi connectivity index (χ3n) is 7.51. The van der Waals surface area contributed by atoms with E-state index < -0.39 is 10.1 Å². The molecular formula is C32H51KO3S. The number of fused-ring (bicyclic) bond motifs is 1. The molecule has 0 heterocycles. The van der Waals surface area contributed by atoms with Crippen LogP contribution in [-0.2, 0) is 23.0 Å². The fraction of sp³-hybridized carbons (Fsp3) is 0.688. The summed E-state index contributed by atoms with van der Waals surface area (Å²) in [6, 6.07) is 9.64. The Labute approximate surface area is 271 Å². The van der Waals surface area contributed by atoms with Gasteiger partial charge in [0.2, 0.25) is 0 Å². The van der Waals surface area contributed by atoms with Crippen LogP contribution in [-0.4, -0.2) is 13.0 Å². The third-order valence-corrected chi connectivity index (χ3v) is 8.49. The minimum absolute atomic E-state index is 0. The Morgan fingerprint density at radius 1 is 0.568 bits per heavy atom. The van der Waals surface area contributed by atoms with Crippen molar-refractivity contribution in [1.29, 1.82) is 0 Å². The van der Waals surface area contributed by atoms with Crippen LogP contribution in [0, 0.1) is 0 Å². The number of unbranched alkanes of at least 4 members (excludes halogenated alkanes) is 16. The first-order chi connectivity index (χ1) is 17.5. The molecule has 0 atom stereocenters. The molecule has 0 aliphatic heterocycles. The van der Waals surface area contributed by atoms with Crippen LogP contribution in [0.2, 0.25) is 0 Å². The molecule has 0 radical (unpaired) electrons. The summed E-state index contributed by atoms with van der Waals surface area (Å²) in [4.78, 5) is 0.0218. The molecule has 0 saturated carbocycles. The first kappa shape index (κ1) is 35.3. The number of hydrogen-bond acceptors (Lipinski definition) is 3. The Kier molecular flexibility index (Phi) is 20.1. The second-order valence-corrected chi connectivity index (χ2v) is 12.0. The summed E-state index contributed by atoms with van der Waals surface area (Å²) in [6.45, 7) is 4.50. The molecule has 2 aromatic carbocycles. The van der Waals surface area contributed by atoms with Crippen LogP contribution < -0.4 is 51.4 Å². The largest absolute Gasteiger partial charge is 1.00 e. The van der Waals surface area contributed by atoms with Crippen LogP contribution in [0.5, 0.6) is 0 Å². The molecule has 2 aromatic rings. The van der Waals surface area contributed by atoms with Gasteiger partial charge in [0.15, 0.2) is 0 Å². The molecule has 204 valence electrons. The summed E-state index contributed by atoms with van der Waals surface area (Å²) in [7, 11) is -4.53. The molecule has 0 aliphatic rings. The van der Waals surface area contributed by atoms with Crippen molar-refractivity contribution in [2.75, 3.05) is 0 Å². The Bertz CT molecular complexity index is 971. The van der Waals surface area contributed by atoms with Crippen molar-refractivity contribution in [2.45, 2.75) is 147 Å². The Hall–Kier alpha value is 0.246. The van der Waals surface area contributed by atoms with Gasteiger partial charge in [-0.25, -0.2) is 8.42 Å². The molecule has 3 nitrogen and oxygen atoms in total. The van der Waals surface area contributed by atoms with Crippen LogP contribution in [0.1, 0.15) is 141 Å². The summed E-state index contributed by atoms with van der Waals surface area (Å²) in [5, 5.41) is 1.55. The second-order valence-electron chi connectivity index (χ2n) is 10.7. The number of hydrogen-bond donors (Lipinski definition) is 0. The average Bonchev–Trinajstić information content (AvgIpc) is 2.85. The Morgan fingerprint density at radius 2 is 0.946 bits per heavy atom. The van der Waals surface area contributed by atoms with Gasteiger partial charge in [-0.05, 0) is 47.6 Å². The van der Waals surface area contributed by atoms with Crippen LogP contribution in [0.3, 0.4) is 0 Å². The van der Waals surface area contributed by atoms with Crippen LogP contribution >= 0.6 is 0 Å². The van der Waals surface area contributed by atoms with Gasteiger partial charge < -0.3 is 4.55 Å². The Balaban J connectivity index is 0.00000684. The molecule has 0 saturated heterocycles. The van der Waals surface area contributed by atoms with E-state index in [0.29, 0.717) is 11.8 Å². The summed E-state index contributed by atoms with van der Waals surface area (Å²) >= 11 is 0. The topological polar surface area (TPSA) is 57.2 Å². The monoisotopic (exact) mass is 554 g/mol. The van der Waals surface area contributed by atoms with E-state index in [4.69, 9.17) is 0 Å². The molecule has 2 rings (SSSR count). The molecule has 0 bridgehead atoms. The van der Waals surface area contributed by atoms with Crippen molar-refractivity contribution >= 4 is 20.9 Å². The van der Waals surface area contributed by atoms with Crippen LogP contribution in [0.4, 0.5) is 0 Å². The van der Waals surface area contributed by atoms with E-state index in [1.807, 2.05) is 30.3 Å². The second kappa shape index (κ2) is 21.1. The standard InChI is InChI=1S/C32H52O3S.K/c1-3-5-7-9-11-13-15-17-19-23-28-27-29(24-20-18-16-14-12-10-8-6-4-2)32(36(33,34)35)31-26-22-21-25-30(28)31;/h21-22,25-27H,3-20,23-24H2,1-2H3,(H,33,34,35);/q;+1/p-1. The van der Waals surface area contributed by atoms with Crippen molar-refractivity contribution in [2.24, 2.45) is 0 Å². The van der Waals surface area contributed by atoms with E-state index in [1.165, 1.54) is 102 Å². The van der Waals surface area contributed by atoms with E-state index in [9.17, 15) is 13.0 Å². The predicted octanol–water partition coefficient (Wildman–Crippen LogP) is 6.89. The van der Waals surface area contributed by atoms with Crippen molar-refractivity contribution in [3.8, 4) is 0 Å².